The highest BCUT2D eigenvalue weighted by molar-refractivity contribution is 5.77. The Morgan fingerprint density at radius 3 is 1.05 bits per heavy atom. The molecule has 0 aliphatic carbocycles. The van der Waals surface area contributed by atoms with Gasteiger partial charge >= 0.3 is 5.97 Å². The summed E-state index contributed by atoms with van der Waals surface area (Å²) in [6, 6.07) is -0.691. The van der Waals surface area contributed by atoms with Crippen LogP contribution in [0.3, 0.4) is 0 Å². The molecule has 6 nitrogen and oxygen atoms in total. The van der Waals surface area contributed by atoms with E-state index in [-0.39, 0.29) is 24.9 Å². The Morgan fingerprint density at radius 2 is 0.724 bits per heavy atom. The van der Waals surface area contributed by atoms with E-state index in [0.717, 1.165) is 38.5 Å². The van der Waals surface area contributed by atoms with Crippen molar-refractivity contribution in [3.05, 3.63) is 0 Å². The minimum atomic E-state index is -0.779. The third-order valence-corrected chi connectivity index (χ3v) is 12.4. The van der Waals surface area contributed by atoms with Gasteiger partial charge in [0.05, 0.1) is 25.2 Å². The van der Waals surface area contributed by atoms with E-state index in [4.69, 9.17) is 4.74 Å². The maximum Gasteiger partial charge on any atom is 0.306 e. The molecule has 3 N–H and O–H groups in total. The van der Waals surface area contributed by atoms with Crippen molar-refractivity contribution in [3.8, 4) is 0 Å². The number of nitrogens with one attached hydrogen (secondary N) is 1. The summed E-state index contributed by atoms with van der Waals surface area (Å²) in [5.74, 6) is -0.451. The molecule has 0 aromatic carbocycles. The summed E-state index contributed by atoms with van der Waals surface area (Å²) in [6.07, 6.45) is 50.1. The summed E-state index contributed by atoms with van der Waals surface area (Å²) in [6.45, 7) is 6.51. The van der Waals surface area contributed by atoms with Crippen molar-refractivity contribution < 1.29 is 24.5 Å². The number of rotatable bonds is 48. The fraction of sp³-hybridized carbons (Fsp3) is 0.962. The van der Waals surface area contributed by atoms with E-state index in [0.29, 0.717) is 19.3 Å². The van der Waals surface area contributed by atoms with Gasteiger partial charge in [-0.25, -0.2) is 0 Å². The molecule has 346 valence electrons. The maximum absolute atomic E-state index is 13.2. The molecule has 0 radical (unpaired) electrons. The first-order valence-corrected chi connectivity index (χ1v) is 26.3. The Bertz CT molecular complexity index is 837. The molecule has 3 atom stereocenters. The zero-order chi connectivity index (χ0) is 42.4. The first-order chi connectivity index (χ1) is 28.5. The van der Waals surface area contributed by atoms with Crippen LogP contribution < -0.4 is 5.32 Å². The van der Waals surface area contributed by atoms with Crippen LogP contribution in [-0.4, -0.2) is 46.9 Å². The lowest BCUT2D eigenvalue weighted by molar-refractivity contribution is -0.151. The minimum Gasteiger partial charge on any atom is -0.462 e. The van der Waals surface area contributed by atoms with Crippen LogP contribution in [0.5, 0.6) is 0 Å². The van der Waals surface area contributed by atoms with Gasteiger partial charge in [0.2, 0.25) is 5.91 Å². The zero-order valence-electron chi connectivity index (χ0n) is 39.5. The van der Waals surface area contributed by atoms with E-state index in [9.17, 15) is 19.8 Å². The van der Waals surface area contributed by atoms with Crippen molar-refractivity contribution in [2.75, 3.05) is 6.61 Å². The predicted molar refractivity (Wildman–Crippen MR) is 250 cm³/mol. The number of hydrogen-bond acceptors (Lipinski definition) is 5. The SMILES string of the molecule is CCCCCCCCCCCCCCCCC(O)C(CO)NC(=O)CC(CCCCCCCCCCCCCC)OC(=O)CCCCCCCCCCCCCCC. The summed E-state index contributed by atoms with van der Waals surface area (Å²) in [4.78, 5) is 26.1. The van der Waals surface area contributed by atoms with Crippen LogP contribution in [0, 0.1) is 0 Å². The van der Waals surface area contributed by atoms with E-state index < -0.39 is 18.2 Å². The topological polar surface area (TPSA) is 95.9 Å². The molecule has 0 spiro atoms. The number of amides is 1. The molecule has 0 rings (SSSR count). The summed E-state index contributed by atoms with van der Waals surface area (Å²) >= 11 is 0. The van der Waals surface area contributed by atoms with Crippen LogP contribution in [0.2, 0.25) is 0 Å². The van der Waals surface area contributed by atoms with Gasteiger partial charge in [-0.1, -0.05) is 258 Å². The van der Waals surface area contributed by atoms with Crippen LogP contribution in [0.15, 0.2) is 0 Å². The van der Waals surface area contributed by atoms with E-state index in [1.54, 1.807) is 0 Å². The highest BCUT2D eigenvalue weighted by atomic mass is 16.5. The van der Waals surface area contributed by atoms with Crippen LogP contribution in [0.4, 0.5) is 0 Å². The van der Waals surface area contributed by atoms with E-state index in [2.05, 4.69) is 26.1 Å². The molecule has 1 amide bonds. The Balaban J connectivity index is 4.49. The zero-order valence-corrected chi connectivity index (χ0v) is 39.5. The van der Waals surface area contributed by atoms with Crippen LogP contribution in [0.1, 0.15) is 297 Å². The molecule has 0 aromatic rings. The fourth-order valence-electron chi connectivity index (χ4n) is 8.43. The number of aliphatic hydroxyl groups excluding tert-OH is 2. The average molecular weight is 822 g/mol. The van der Waals surface area contributed by atoms with Gasteiger partial charge in [-0.15, -0.1) is 0 Å². The smallest absolute Gasteiger partial charge is 0.306 e. The van der Waals surface area contributed by atoms with Crippen molar-refractivity contribution >= 4 is 11.9 Å². The second-order valence-electron chi connectivity index (χ2n) is 18.3. The summed E-state index contributed by atoms with van der Waals surface area (Å²) in [5, 5.41) is 23.8. The lowest BCUT2D eigenvalue weighted by Gasteiger charge is -2.24. The number of carbonyl (C=O) groups excluding carboxylic acids is 2. The second-order valence-corrected chi connectivity index (χ2v) is 18.3. The van der Waals surface area contributed by atoms with Crippen LogP contribution in [-0.2, 0) is 14.3 Å². The quantitative estimate of drug-likeness (QED) is 0.0420. The molecule has 3 unspecified atom stereocenters. The largest absolute Gasteiger partial charge is 0.462 e. The summed E-state index contributed by atoms with van der Waals surface area (Å²) in [5.41, 5.74) is 0. The summed E-state index contributed by atoms with van der Waals surface area (Å²) < 4.78 is 5.94. The van der Waals surface area contributed by atoms with Gasteiger partial charge in [0.15, 0.2) is 0 Å². The Kier molecular flexibility index (Phi) is 46.0. The lowest BCUT2D eigenvalue weighted by Crippen LogP contribution is -2.46. The van der Waals surface area contributed by atoms with E-state index >= 15 is 0 Å². The van der Waals surface area contributed by atoms with Gasteiger partial charge in [0.1, 0.15) is 6.10 Å². The standard InChI is InChI=1S/C52H103NO5/c1-4-7-10-13-16-19-22-25-27-29-32-35-38-41-44-50(55)49(47-54)53-51(56)46-48(43-40-37-34-31-28-24-21-18-15-12-9-6-3)58-52(57)45-42-39-36-33-30-26-23-20-17-14-11-8-5-2/h48-50,54-55H,4-47H2,1-3H3,(H,53,56). The molecule has 6 heteroatoms. The van der Waals surface area contributed by atoms with Gasteiger partial charge in [0, 0.05) is 6.42 Å². The van der Waals surface area contributed by atoms with Crippen molar-refractivity contribution in [2.45, 2.75) is 315 Å². The third kappa shape index (κ3) is 41.6. The first-order valence-electron chi connectivity index (χ1n) is 26.3. The van der Waals surface area contributed by atoms with E-state index in [1.807, 2.05) is 0 Å². The van der Waals surface area contributed by atoms with Crippen LogP contribution >= 0.6 is 0 Å². The highest BCUT2D eigenvalue weighted by Gasteiger charge is 2.24. The molecule has 58 heavy (non-hydrogen) atoms. The normalized spacial score (nSPS) is 13.1. The predicted octanol–water partition coefficient (Wildman–Crippen LogP) is 15.6. The molecular formula is C52H103NO5. The fourth-order valence-corrected chi connectivity index (χ4v) is 8.43. The molecule has 0 heterocycles. The number of esters is 1. The Hall–Kier alpha value is -1.14. The van der Waals surface area contributed by atoms with E-state index in [1.165, 1.54) is 212 Å². The number of unbranched alkanes of at least 4 members (excludes halogenated alkanes) is 36. The molecule has 0 aromatic heterocycles. The molecule has 0 aliphatic rings. The molecule has 0 saturated carbocycles. The lowest BCUT2D eigenvalue weighted by atomic mass is 10.0. The van der Waals surface area contributed by atoms with Gasteiger partial charge in [-0.05, 0) is 25.7 Å². The number of hydrogen-bond donors (Lipinski definition) is 3. The maximum atomic E-state index is 13.2. The van der Waals surface area contributed by atoms with Crippen molar-refractivity contribution in [1.29, 1.82) is 0 Å². The molecule has 0 aliphatic heterocycles. The van der Waals surface area contributed by atoms with Crippen molar-refractivity contribution in [3.63, 3.8) is 0 Å². The average Bonchev–Trinajstić information content (AvgIpc) is 3.22. The minimum absolute atomic E-state index is 0.0878. The molecule has 0 saturated heterocycles. The monoisotopic (exact) mass is 822 g/mol. The molecular weight excluding hydrogens is 719 g/mol. The van der Waals surface area contributed by atoms with Crippen LogP contribution in [0.25, 0.3) is 0 Å². The highest BCUT2D eigenvalue weighted by Crippen LogP contribution is 2.19. The van der Waals surface area contributed by atoms with Gasteiger partial charge in [-0.2, -0.15) is 0 Å². The van der Waals surface area contributed by atoms with Gasteiger partial charge in [-0.3, -0.25) is 9.59 Å². The number of aliphatic hydroxyl groups is 2. The number of carbonyl (C=O) groups is 2. The number of ether oxygens (including phenoxy) is 1. The summed E-state index contributed by atoms with van der Waals surface area (Å²) in [7, 11) is 0. The molecule has 0 bridgehead atoms. The Morgan fingerprint density at radius 1 is 0.431 bits per heavy atom. The molecule has 0 fully saturated rings. The van der Waals surface area contributed by atoms with Crippen molar-refractivity contribution in [2.24, 2.45) is 0 Å². The van der Waals surface area contributed by atoms with Crippen molar-refractivity contribution in [1.82, 2.24) is 5.32 Å². The van der Waals surface area contributed by atoms with Gasteiger partial charge in [0.25, 0.3) is 0 Å². The second kappa shape index (κ2) is 46.9. The Labute approximate surface area is 362 Å². The van der Waals surface area contributed by atoms with Gasteiger partial charge < -0.3 is 20.3 Å². The third-order valence-electron chi connectivity index (χ3n) is 12.4. The first kappa shape index (κ1) is 56.9.